The molecule has 0 radical (unpaired) electrons. The van der Waals surface area contributed by atoms with Crippen LogP contribution in [0.2, 0.25) is 0 Å². The molecule has 0 fully saturated rings. The molecule has 0 saturated heterocycles. The SMILES string of the molecule is CC(N)(C#N)Cn1cc2ncccc2n1. The van der Waals surface area contributed by atoms with Crippen molar-refractivity contribution in [2.24, 2.45) is 5.73 Å². The fourth-order valence-corrected chi connectivity index (χ4v) is 1.35. The highest BCUT2D eigenvalue weighted by Gasteiger charge is 2.18. The Kier molecular flexibility index (Phi) is 2.14. The lowest BCUT2D eigenvalue weighted by molar-refractivity contribution is 0.462. The van der Waals surface area contributed by atoms with Crippen LogP contribution in [0.5, 0.6) is 0 Å². The lowest BCUT2D eigenvalue weighted by Gasteiger charge is -2.14. The molecule has 2 aromatic rings. The molecule has 76 valence electrons. The Morgan fingerprint density at radius 2 is 2.40 bits per heavy atom. The molecule has 0 spiro atoms. The zero-order valence-electron chi connectivity index (χ0n) is 8.38. The summed E-state index contributed by atoms with van der Waals surface area (Å²) >= 11 is 0. The molecule has 0 aromatic carbocycles. The van der Waals surface area contributed by atoms with Crippen molar-refractivity contribution in [2.75, 3.05) is 0 Å². The van der Waals surface area contributed by atoms with Crippen LogP contribution in [0, 0.1) is 11.3 Å². The summed E-state index contributed by atoms with van der Waals surface area (Å²) in [6.07, 6.45) is 3.50. The fourth-order valence-electron chi connectivity index (χ4n) is 1.35. The molecule has 0 aliphatic carbocycles. The van der Waals surface area contributed by atoms with E-state index >= 15 is 0 Å². The van der Waals surface area contributed by atoms with Gasteiger partial charge in [-0.15, -0.1) is 0 Å². The van der Waals surface area contributed by atoms with Gasteiger partial charge < -0.3 is 5.73 Å². The molecule has 2 heterocycles. The fraction of sp³-hybridized carbons (Fsp3) is 0.300. The molecule has 1 atom stereocenters. The molecule has 2 rings (SSSR count). The molecule has 0 saturated carbocycles. The topological polar surface area (TPSA) is 80.5 Å². The smallest absolute Gasteiger partial charge is 0.121 e. The summed E-state index contributed by atoms with van der Waals surface area (Å²) in [5.74, 6) is 0. The number of nitrogens with zero attached hydrogens (tertiary/aromatic N) is 4. The van der Waals surface area contributed by atoms with Crippen LogP contribution >= 0.6 is 0 Å². The van der Waals surface area contributed by atoms with Crippen molar-refractivity contribution in [3.05, 3.63) is 24.5 Å². The van der Waals surface area contributed by atoms with E-state index in [9.17, 15) is 0 Å². The van der Waals surface area contributed by atoms with E-state index in [4.69, 9.17) is 11.0 Å². The predicted octanol–water partition coefficient (Wildman–Crippen LogP) is 0.672. The summed E-state index contributed by atoms with van der Waals surface area (Å²) in [5, 5.41) is 13.1. The van der Waals surface area contributed by atoms with Gasteiger partial charge in [0.25, 0.3) is 0 Å². The van der Waals surface area contributed by atoms with Crippen molar-refractivity contribution in [2.45, 2.75) is 19.0 Å². The normalized spacial score (nSPS) is 14.7. The van der Waals surface area contributed by atoms with Gasteiger partial charge in [-0.25, -0.2) is 0 Å². The van der Waals surface area contributed by atoms with Gasteiger partial charge in [0.1, 0.15) is 16.6 Å². The van der Waals surface area contributed by atoms with Crippen molar-refractivity contribution < 1.29 is 0 Å². The van der Waals surface area contributed by atoms with E-state index in [0.717, 1.165) is 11.0 Å². The van der Waals surface area contributed by atoms with Crippen LogP contribution < -0.4 is 5.73 Å². The highest BCUT2D eigenvalue weighted by molar-refractivity contribution is 5.72. The van der Waals surface area contributed by atoms with Gasteiger partial charge in [0.05, 0.1) is 18.8 Å². The third-order valence-electron chi connectivity index (χ3n) is 2.07. The number of hydrogen-bond donors (Lipinski definition) is 1. The molecule has 0 amide bonds. The molecule has 5 heteroatoms. The van der Waals surface area contributed by atoms with E-state index in [1.165, 1.54) is 0 Å². The van der Waals surface area contributed by atoms with E-state index in [1.54, 1.807) is 24.0 Å². The molecule has 0 aliphatic rings. The van der Waals surface area contributed by atoms with Gasteiger partial charge in [-0.3, -0.25) is 9.67 Å². The number of fused-ring (bicyclic) bond motifs is 1. The minimum atomic E-state index is -0.901. The quantitative estimate of drug-likeness (QED) is 0.774. The van der Waals surface area contributed by atoms with E-state index in [2.05, 4.69) is 10.1 Å². The average Bonchev–Trinajstić information content (AvgIpc) is 2.58. The van der Waals surface area contributed by atoms with E-state index in [1.807, 2.05) is 18.2 Å². The molecule has 5 nitrogen and oxygen atoms in total. The molecular formula is C10H11N5. The molecule has 0 aliphatic heterocycles. The van der Waals surface area contributed by atoms with Crippen LogP contribution in [0.1, 0.15) is 6.92 Å². The van der Waals surface area contributed by atoms with Gasteiger partial charge in [0.2, 0.25) is 0 Å². The predicted molar refractivity (Wildman–Crippen MR) is 55.7 cm³/mol. The zero-order chi connectivity index (χ0) is 10.9. The largest absolute Gasteiger partial charge is 0.312 e. The maximum absolute atomic E-state index is 8.80. The van der Waals surface area contributed by atoms with Crippen LogP contribution in [0.25, 0.3) is 11.0 Å². The van der Waals surface area contributed by atoms with Gasteiger partial charge >= 0.3 is 0 Å². The monoisotopic (exact) mass is 201 g/mol. The summed E-state index contributed by atoms with van der Waals surface area (Å²) in [6.45, 7) is 2.03. The van der Waals surface area contributed by atoms with Crippen LogP contribution in [0.4, 0.5) is 0 Å². The minimum absolute atomic E-state index is 0.361. The third-order valence-corrected chi connectivity index (χ3v) is 2.07. The van der Waals surface area contributed by atoms with Gasteiger partial charge in [-0.2, -0.15) is 10.4 Å². The van der Waals surface area contributed by atoms with Gasteiger partial charge in [0, 0.05) is 6.20 Å². The van der Waals surface area contributed by atoms with Crippen LogP contribution in [0.3, 0.4) is 0 Å². The van der Waals surface area contributed by atoms with E-state index < -0.39 is 5.54 Å². The van der Waals surface area contributed by atoms with Crippen molar-refractivity contribution >= 4 is 11.0 Å². The van der Waals surface area contributed by atoms with Crippen molar-refractivity contribution in [1.29, 1.82) is 5.26 Å². The molecular weight excluding hydrogens is 190 g/mol. The second kappa shape index (κ2) is 3.33. The number of rotatable bonds is 2. The Labute approximate surface area is 87.1 Å². The molecule has 2 aromatic heterocycles. The maximum atomic E-state index is 8.80. The highest BCUT2D eigenvalue weighted by Crippen LogP contribution is 2.09. The molecule has 2 N–H and O–H groups in total. The first kappa shape index (κ1) is 9.62. The molecule has 0 bridgehead atoms. The Bertz CT molecular complexity index is 487. The summed E-state index contributed by atoms with van der Waals surface area (Å²) in [7, 11) is 0. The average molecular weight is 201 g/mol. The van der Waals surface area contributed by atoms with Crippen molar-refractivity contribution in [1.82, 2.24) is 14.8 Å². The number of hydrogen-bond acceptors (Lipinski definition) is 4. The first-order valence-corrected chi connectivity index (χ1v) is 4.59. The minimum Gasteiger partial charge on any atom is -0.312 e. The highest BCUT2D eigenvalue weighted by atomic mass is 15.3. The number of nitriles is 1. The lowest BCUT2D eigenvalue weighted by Crippen LogP contribution is -2.39. The Morgan fingerprint density at radius 1 is 1.60 bits per heavy atom. The molecule has 1 unspecified atom stereocenters. The molecule has 15 heavy (non-hydrogen) atoms. The van der Waals surface area contributed by atoms with E-state index in [0.29, 0.717) is 6.54 Å². The zero-order valence-corrected chi connectivity index (χ0v) is 8.38. The number of pyridine rings is 1. The summed E-state index contributed by atoms with van der Waals surface area (Å²) in [6, 6.07) is 5.73. The second-order valence-corrected chi connectivity index (χ2v) is 3.76. The van der Waals surface area contributed by atoms with Crippen LogP contribution in [-0.4, -0.2) is 20.3 Å². The Balaban J connectivity index is 2.35. The second-order valence-electron chi connectivity index (χ2n) is 3.76. The van der Waals surface area contributed by atoms with Gasteiger partial charge in [-0.1, -0.05) is 0 Å². The lowest BCUT2D eigenvalue weighted by atomic mass is 10.1. The standard InChI is InChI=1S/C10H11N5/c1-10(12,6-11)7-15-5-9-8(14-15)3-2-4-13-9/h2-5H,7,12H2,1H3. The van der Waals surface area contributed by atoms with Gasteiger partial charge in [0.15, 0.2) is 0 Å². The summed E-state index contributed by atoms with van der Waals surface area (Å²) in [4.78, 5) is 4.15. The summed E-state index contributed by atoms with van der Waals surface area (Å²) < 4.78 is 1.65. The first-order chi connectivity index (χ1) is 7.11. The van der Waals surface area contributed by atoms with Gasteiger partial charge in [-0.05, 0) is 19.1 Å². The van der Waals surface area contributed by atoms with Crippen LogP contribution in [0.15, 0.2) is 24.5 Å². The third kappa shape index (κ3) is 1.95. The number of aromatic nitrogens is 3. The maximum Gasteiger partial charge on any atom is 0.121 e. The Hall–Kier alpha value is -1.93. The van der Waals surface area contributed by atoms with Crippen molar-refractivity contribution in [3.8, 4) is 6.07 Å². The summed E-state index contributed by atoms with van der Waals surface area (Å²) in [5.41, 5.74) is 6.45. The van der Waals surface area contributed by atoms with E-state index in [-0.39, 0.29) is 0 Å². The van der Waals surface area contributed by atoms with Crippen LogP contribution in [-0.2, 0) is 6.54 Å². The Morgan fingerprint density at radius 3 is 3.07 bits per heavy atom. The number of nitrogens with two attached hydrogens (primary N) is 1. The van der Waals surface area contributed by atoms with Crippen molar-refractivity contribution in [3.63, 3.8) is 0 Å². The first-order valence-electron chi connectivity index (χ1n) is 4.59.